The van der Waals surface area contributed by atoms with Crippen LogP contribution >= 0.6 is 0 Å². The Labute approximate surface area is 102 Å². The average molecular weight is 236 g/mol. The number of carbonyl (C=O) groups is 1. The van der Waals surface area contributed by atoms with E-state index in [9.17, 15) is 4.79 Å². The number of hydrogen-bond acceptors (Lipinski definition) is 4. The van der Waals surface area contributed by atoms with Crippen LogP contribution in [0, 0.1) is 5.41 Å². The molecule has 5 nitrogen and oxygen atoms in total. The number of carbonyl (C=O) groups excluding carboxylic acids is 1. The van der Waals surface area contributed by atoms with Crippen LogP contribution < -0.4 is 11.1 Å². The smallest absolute Gasteiger partial charge is 0.224 e. The number of nitrogens with two attached hydrogens (primary N) is 1. The van der Waals surface area contributed by atoms with Gasteiger partial charge >= 0.3 is 0 Å². The summed E-state index contributed by atoms with van der Waals surface area (Å²) in [5.74, 6) is -0.00936. The molecule has 0 fully saturated rings. The number of nitrogens with zero attached hydrogens (tertiary/aromatic N) is 2. The lowest BCUT2D eigenvalue weighted by atomic mass is 9.84. The molecule has 0 aliphatic rings. The van der Waals surface area contributed by atoms with Gasteiger partial charge in [0.05, 0.1) is 18.1 Å². The Bertz CT molecular complexity index is 351. The number of hydrogen-bond donors (Lipinski definition) is 2. The van der Waals surface area contributed by atoms with E-state index in [-0.39, 0.29) is 11.3 Å². The van der Waals surface area contributed by atoms with E-state index in [0.717, 1.165) is 12.8 Å². The van der Waals surface area contributed by atoms with Crippen molar-refractivity contribution in [1.29, 1.82) is 0 Å². The Balaban J connectivity index is 2.36. The summed E-state index contributed by atoms with van der Waals surface area (Å²) in [7, 11) is 0. The molecular formula is C12H20N4O. The molecule has 17 heavy (non-hydrogen) atoms. The van der Waals surface area contributed by atoms with Crippen molar-refractivity contribution in [1.82, 2.24) is 9.97 Å². The van der Waals surface area contributed by atoms with E-state index in [0.29, 0.717) is 18.7 Å². The predicted octanol–water partition coefficient (Wildman–Crippen LogP) is 1.57. The van der Waals surface area contributed by atoms with Crippen LogP contribution in [0.4, 0.5) is 5.69 Å². The minimum Gasteiger partial charge on any atom is -0.330 e. The van der Waals surface area contributed by atoms with Gasteiger partial charge in [0.25, 0.3) is 0 Å². The second-order valence-electron chi connectivity index (χ2n) is 4.88. The third-order valence-electron chi connectivity index (χ3n) is 2.69. The highest BCUT2D eigenvalue weighted by Crippen LogP contribution is 2.25. The molecule has 0 aromatic carbocycles. The lowest BCUT2D eigenvalue weighted by molar-refractivity contribution is -0.116. The monoisotopic (exact) mass is 236 g/mol. The zero-order valence-electron chi connectivity index (χ0n) is 10.4. The summed E-state index contributed by atoms with van der Waals surface area (Å²) < 4.78 is 0. The van der Waals surface area contributed by atoms with E-state index in [1.807, 2.05) is 0 Å². The summed E-state index contributed by atoms with van der Waals surface area (Å²) in [4.78, 5) is 19.3. The van der Waals surface area contributed by atoms with Crippen LogP contribution in [0.5, 0.6) is 0 Å². The molecule has 0 spiro atoms. The summed E-state index contributed by atoms with van der Waals surface area (Å²) in [5, 5.41) is 2.76. The zero-order valence-corrected chi connectivity index (χ0v) is 10.4. The van der Waals surface area contributed by atoms with Gasteiger partial charge in [-0.3, -0.25) is 4.79 Å². The van der Waals surface area contributed by atoms with E-state index < -0.39 is 0 Å². The predicted molar refractivity (Wildman–Crippen MR) is 67.3 cm³/mol. The van der Waals surface area contributed by atoms with Crippen molar-refractivity contribution in [2.75, 3.05) is 11.9 Å². The van der Waals surface area contributed by atoms with Gasteiger partial charge in [-0.05, 0) is 24.8 Å². The van der Waals surface area contributed by atoms with Crippen LogP contribution in [0.15, 0.2) is 18.7 Å². The van der Waals surface area contributed by atoms with Gasteiger partial charge in [-0.1, -0.05) is 13.8 Å². The van der Waals surface area contributed by atoms with E-state index in [4.69, 9.17) is 5.73 Å². The third kappa shape index (κ3) is 5.40. The largest absolute Gasteiger partial charge is 0.330 e. The first kappa shape index (κ1) is 13.6. The Morgan fingerprint density at radius 3 is 2.59 bits per heavy atom. The fourth-order valence-electron chi connectivity index (χ4n) is 1.55. The van der Waals surface area contributed by atoms with Crippen LogP contribution in [-0.4, -0.2) is 22.4 Å². The van der Waals surface area contributed by atoms with Crippen molar-refractivity contribution in [3.63, 3.8) is 0 Å². The van der Waals surface area contributed by atoms with Crippen LogP contribution in [-0.2, 0) is 4.79 Å². The zero-order chi connectivity index (χ0) is 12.7. The van der Waals surface area contributed by atoms with Crippen LogP contribution in [0.1, 0.15) is 33.1 Å². The molecule has 1 aromatic rings. The topological polar surface area (TPSA) is 80.9 Å². The molecule has 1 heterocycles. The lowest BCUT2D eigenvalue weighted by Gasteiger charge is -2.23. The Kier molecular flexibility index (Phi) is 5.03. The lowest BCUT2D eigenvalue weighted by Crippen LogP contribution is -2.20. The number of nitrogens with one attached hydrogen (secondary N) is 1. The summed E-state index contributed by atoms with van der Waals surface area (Å²) in [6, 6.07) is 0. The molecule has 0 aliphatic heterocycles. The molecular weight excluding hydrogens is 216 g/mol. The van der Waals surface area contributed by atoms with Gasteiger partial charge < -0.3 is 11.1 Å². The highest BCUT2D eigenvalue weighted by Gasteiger charge is 2.18. The van der Waals surface area contributed by atoms with Crippen molar-refractivity contribution in [2.45, 2.75) is 33.1 Å². The molecule has 94 valence electrons. The van der Waals surface area contributed by atoms with Gasteiger partial charge in [0, 0.05) is 6.42 Å². The molecule has 0 atom stereocenters. The van der Waals surface area contributed by atoms with Gasteiger partial charge in [-0.15, -0.1) is 0 Å². The molecule has 0 saturated heterocycles. The second-order valence-corrected chi connectivity index (χ2v) is 4.88. The molecule has 1 rings (SSSR count). The maximum absolute atomic E-state index is 11.7. The molecule has 1 amide bonds. The minimum absolute atomic E-state index is 0.00936. The number of rotatable bonds is 6. The molecule has 1 aromatic heterocycles. The number of aromatic nitrogens is 2. The maximum Gasteiger partial charge on any atom is 0.224 e. The molecule has 0 unspecified atom stereocenters. The van der Waals surface area contributed by atoms with Gasteiger partial charge in [0.2, 0.25) is 5.91 Å². The highest BCUT2D eigenvalue weighted by atomic mass is 16.1. The van der Waals surface area contributed by atoms with Gasteiger partial charge in [-0.2, -0.15) is 0 Å². The standard InChI is InChI=1S/C12H20N4O/c1-12(2,5-6-13)4-3-11(17)16-10-7-14-9-15-8-10/h7-9H,3-6,13H2,1-2H3,(H,16,17). The summed E-state index contributed by atoms with van der Waals surface area (Å²) >= 11 is 0. The molecule has 0 radical (unpaired) electrons. The van der Waals surface area contributed by atoms with Gasteiger partial charge in [0.15, 0.2) is 0 Å². The van der Waals surface area contributed by atoms with Crippen LogP contribution in [0.2, 0.25) is 0 Å². The normalized spacial score (nSPS) is 11.2. The first-order chi connectivity index (χ1) is 8.03. The number of amides is 1. The van der Waals surface area contributed by atoms with Crippen molar-refractivity contribution in [3.05, 3.63) is 18.7 Å². The van der Waals surface area contributed by atoms with E-state index in [1.54, 1.807) is 12.4 Å². The average Bonchev–Trinajstić information content (AvgIpc) is 2.28. The highest BCUT2D eigenvalue weighted by molar-refractivity contribution is 5.90. The number of anilines is 1. The van der Waals surface area contributed by atoms with Crippen molar-refractivity contribution < 1.29 is 4.79 Å². The Morgan fingerprint density at radius 1 is 1.35 bits per heavy atom. The fraction of sp³-hybridized carbons (Fsp3) is 0.583. The molecule has 0 bridgehead atoms. The van der Waals surface area contributed by atoms with Crippen LogP contribution in [0.25, 0.3) is 0 Å². The third-order valence-corrected chi connectivity index (χ3v) is 2.69. The molecule has 5 heteroatoms. The van der Waals surface area contributed by atoms with Crippen molar-refractivity contribution >= 4 is 11.6 Å². The maximum atomic E-state index is 11.7. The first-order valence-corrected chi connectivity index (χ1v) is 5.78. The summed E-state index contributed by atoms with van der Waals surface area (Å²) in [5.41, 5.74) is 6.27. The molecule has 3 N–H and O–H groups in total. The van der Waals surface area contributed by atoms with E-state index in [1.165, 1.54) is 6.33 Å². The van der Waals surface area contributed by atoms with Crippen LogP contribution in [0.3, 0.4) is 0 Å². The van der Waals surface area contributed by atoms with Gasteiger partial charge in [-0.25, -0.2) is 9.97 Å². The fourth-order valence-corrected chi connectivity index (χ4v) is 1.55. The van der Waals surface area contributed by atoms with E-state index >= 15 is 0 Å². The second kappa shape index (κ2) is 6.30. The summed E-state index contributed by atoms with van der Waals surface area (Å²) in [6.45, 7) is 4.90. The first-order valence-electron chi connectivity index (χ1n) is 5.78. The van der Waals surface area contributed by atoms with E-state index in [2.05, 4.69) is 29.1 Å². The minimum atomic E-state index is -0.00936. The SMILES string of the molecule is CC(C)(CCN)CCC(=O)Nc1cncnc1. The molecule has 0 aliphatic carbocycles. The Morgan fingerprint density at radius 2 is 2.00 bits per heavy atom. The van der Waals surface area contributed by atoms with Gasteiger partial charge in [0.1, 0.15) is 6.33 Å². The Hall–Kier alpha value is -1.49. The van der Waals surface area contributed by atoms with Crippen molar-refractivity contribution in [2.24, 2.45) is 11.1 Å². The quantitative estimate of drug-likeness (QED) is 0.785. The van der Waals surface area contributed by atoms with Crippen molar-refractivity contribution in [3.8, 4) is 0 Å². The molecule has 0 saturated carbocycles. The summed E-state index contributed by atoms with van der Waals surface area (Å²) in [6.07, 6.45) is 6.83.